The lowest BCUT2D eigenvalue weighted by Gasteiger charge is -2.43. The molecular formula is C26H32N2O4. The van der Waals surface area contributed by atoms with Crippen LogP contribution < -0.4 is 0 Å². The van der Waals surface area contributed by atoms with E-state index in [-0.39, 0.29) is 18.4 Å². The lowest BCUT2D eigenvalue weighted by Crippen LogP contribution is -2.62. The molecule has 170 valence electrons. The maximum Gasteiger partial charge on any atom is 0.256 e. The van der Waals surface area contributed by atoms with Crippen molar-refractivity contribution >= 4 is 11.8 Å². The number of hydrogen-bond acceptors (Lipinski definition) is 4. The molecule has 0 saturated carbocycles. The van der Waals surface area contributed by atoms with Crippen LogP contribution in [0.2, 0.25) is 0 Å². The Morgan fingerprint density at radius 3 is 2.53 bits per heavy atom. The molecule has 4 rings (SSSR count). The molecule has 0 N–H and O–H groups in total. The first-order valence-corrected chi connectivity index (χ1v) is 11.3. The zero-order valence-electron chi connectivity index (χ0n) is 19.2. The van der Waals surface area contributed by atoms with Gasteiger partial charge in [-0.15, -0.1) is 0 Å². The third kappa shape index (κ3) is 4.71. The van der Waals surface area contributed by atoms with Gasteiger partial charge in [-0.1, -0.05) is 54.1 Å². The number of carbonyl (C=O) groups excluding carboxylic acids is 2. The Balaban J connectivity index is 1.56. The summed E-state index contributed by atoms with van der Waals surface area (Å²) in [5.41, 5.74) is 3.42. The van der Waals surface area contributed by atoms with Gasteiger partial charge >= 0.3 is 0 Å². The van der Waals surface area contributed by atoms with Gasteiger partial charge in [-0.2, -0.15) is 0 Å². The van der Waals surface area contributed by atoms with E-state index < -0.39 is 11.7 Å². The molecule has 0 aliphatic carbocycles. The molecule has 2 fully saturated rings. The summed E-state index contributed by atoms with van der Waals surface area (Å²) in [5.74, 6) is -0.151. The van der Waals surface area contributed by atoms with E-state index >= 15 is 0 Å². The second-order valence-electron chi connectivity index (χ2n) is 9.05. The number of likely N-dealkylation sites (N-methyl/N-ethyl adjacent to an activating group) is 1. The molecule has 2 aliphatic rings. The molecule has 2 aromatic carbocycles. The van der Waals surface area contributed by atoms with Crippen LogP contribution in [-0.2, 0) is 25.5 Å². The van der Waals surface area contributed by atoms with Crippen molar-refractivity contribution in [2.75, 3.05) is 40.4 Å². The molecule has 0 spiro atoms. The van der Waals surface area contributed by atoms with E-state index in [4.69, 9.17) is 9.47 Å². The lowest BCUT2D eigenvalue weighted by molar-refractivity contribution is -0.175. The number of ether oxygens (including phenoxy) is 2. The number of rotatable bonds is 5. The average Bonchev–Trinajstić information content (AvgIpc) is 3.33. The van der Waals surface area contributed by atoms with Crippen molar-refractivity contribution in [3.8, 4) is 11.1 Å². The van der Waals surface area contributed by atoms with Crippen LogP contribution in [0.25, 0.3) is 11.1 Å². The molecule has 6 heteroatoms. The smallest absolute Gasteiger partial charge is 0.256 e. The quantitative estimate of drug-likeness (QED) is 0.723. The van der Waals surface area contributed by atoms with E-state index in [1.54, 1.807) is 23.9 Å². The molecule has 2 aromatic rings. The van der Waals surface area contributed by atoms with Crippen molar-refractivity contribution in [1.29, 1.82) is 0 Å². The molecule has 0 unspecified atom stereocenters. The minimum absolute atomic E-state index is 0.0310. The Morgan fingerprint density at radius 2 is 1.88 bits per heavy atom. The van der Waals surface area contributed by atoms with Gasteiger partial charge in [-0.3, -0.25) is 9.59 Å². The van der Waals surface area contributed by atoms with Gasteiger partial charge < -0.3 is 19.3 Å². The molecule has 0 aromatic heterocycles. The highest BCUT2D eigenvalue weighted by atomic mass is 16.5. The Hall–Kier alpha value is -2.70. The highest BCUT2D eigenvalue weighted by Crippen LogP contribution is 2.29. The van der Waals surface area contributed by atoms with Crippen LogP contribution >= 0.6 is 0 Å². The Labute approximate surface area is 190 Å². The predicted octanol–water partition coefficient (Wildman–Crippen LogP) is 3.07. The van der Waals surface area contributed by atoms with Crippen LogP contribution in [0.5, 0.6) is 0 Å². The summed E-state index contributed by atoms with van der Waals surface area (Å²) >= 11 is 0. The summed E-state index contributed by atoms with van der Waals surface area (Å²) in [7, 11) is 3.46. The first-order chi connectivity index (χ1) is 15.4. The zero-order valence-corrected chi connectivity index (χ0v) is 19.2. The number of aryl methyl sites for hydroxylation is 1. The summed E-state index contributed by atoms with van der Waals surface area (Å²) < 4.78 is 11.7. The van der Waals surface area contributed by atoms with Crippen LogP contribution in [0.15, 0.2) is 48.5 Å². The van der Waals surface area contributed by atoms with Crippen LogP contribution in [0.1, 0.15) is 24.0 Å². The molecule has 2 heterocycles. The number of nitrogens with zero attached hydrogens (tertiary/aromatic N) is 2. The fourth-order valence-corrected chi connectivity index (χ4v) is 4.64. The van der Waals surface area contributed by atoms with E-state index in [2.05, 4.69) is 43.3 Å². The molecule has 0 radical (unpaired) electrons. The average molecular weight is 437 g/mol. The normalized spacial score (nSPS) is 23.2. The van der Waals surface area contributed by atoms with Crippen molar-refractivity contribution in [3.63, 3.8) is 0 Å². The molecule has 6 nitrogen and oxygen atoms in total. The Morgan fingerprint density at radius 1 is 1.09 bits per heavy atom. The molecule has 2 atom stereocenters. The van der Waals surface area contributed by atoms with Crippen molar-refractivity contribution < 1.29 is 19.1 Å². The van der Waals surface area contributed by atoms with E-state index in [1.807, 2.05) is 12.1 Å². The Bertz CT molecular complexity index is 966. The second kappa shape index (κ2) is 9.43. The van der Waals surface area contributed by atoms with Crippen molar-refractivity contribution in [2.45, 2.75) is 37.9 Å². The van der Waals surface area contributed by atoms with Crippen molar-refractivity contribution in [2.24, 2.45) is 0 Å². The summed E-state index contributed by atoms with van der Waals surface area (Å²) in [6.07, 6.45) is 1.66. The van der Waals surface area contributed by atoms with E-state index in [0.29, 0.717) is 26.2 Å². The Kier molecular flexibility index (Phi) is 6.63. The fourth-order valence-electron chi connectivity index (χ4n) is 4.64. The maximum absolute atomic E-state index is 13.3. The fraction of sp³-hybridized carbons (Fsp3) is 0.462. The maximum atomic E-state index is 13.3. The number of hydrogen-bond donors (Lipinski definition) is 0. The van der Waals surface area contributed by atoms with Gasteiger partial charge in [0.1, 0.15) is 6.10 Å². The van der Waals surface area contributed by atoms with Gasteiger partial charge in [0.2, 0.25) is 0 Å². The molecular weight excluding hydrogens is 404 g/mol. The zero-order chi connectivity index (χ0) is 22.7. The minimum atomic E-state index is -1.10. The highest BCUT2D eigenvalue weighted by molar-refractivity contribution is 5.88. The van der Waals surface area contributed by atoms with E-state index in [1.165, 1.54) is 5.56 Å². The standard InChI is InChI=1S/C26H32N2O4/c1-19-6-4-7-22(16-19)21-11-9-20(10-12-21)17-26(25(30)27(2)3)18-28(13-15-32-26)24(29)23-8-5-14-31-23/h4,6-7,9-12,16,23H,5,8,13-15,17-18H2,1-3H3/t23-,26+/m0/s1. The van der Waals surface area contributed by atoms with Crippen LogP contribution in [-0.4, -0.2) is 73.7 Å². The van der Waals surface area contributed by atoms with Gasteiger partial charge in [0.25, 0.3) is 11.8 Å². The number of amides is 2. The largest absolute Gasteiger partial charge is 0.368 e. The summed E-state index contributed by atoms with van der Waals surface area (Å²) in [5, 5.41) is 0. The highest BCUT2D eigenvalue weighted by Gasteiger charge is 2.47. The van der Waals surface area contributed by atoms with Crippen LogP contribution in [0.4, 0.5) is 0 Å². The van der Waals surface area contributed by atoms with Crippen molar-refractivity contribution in [1.82, 2.24) is 9.80 Å². The van der Waals surface area contributed by atoms with E-state index in [0.717, 1.165) is 29.5 Å². The number of carbonyl (C=O) groups is 2. The molecule has 2 saturated heterocycles. The van der Waals surface area contributed by atoms with Gasteiger partial charge in [0, 0.05) is 33.7 Å². The number of morpholine rings is 1. The third-order valence-corrected chi connectivity index (χ3v) is 6.29. The van der Waals surface area contributed by atoms with Gasteiger partial charge in [0.05, 0.1) is 13.2 Å². The van der Waals surface area contributed by atoms with Gasteiger partial charge in [-0.25, -0.2) is 0 Å². The summed E-state index contributed by atoms with van der Waals surface area (Å²) in [6.45, 7) is 3.75. The van der Waals surface area contributed by atoms with Crippen LogP contribution in [0, 0.1) is 6.92 Å². The molecule has 2 amide bonds. The van der Waals surface area contributed by atoms with Gasteiger partial charge in [-0.05, 0) is 36.5 Å². The van der Waals surface area contributed by atoms with Gasteiger partial charge in [0.15, 0.2) is 5.60 Å². The first kappa shape index (κ1) is 22.5. The molecule has 32 heavy (non-hydrogen) atoms. The monoisotopic (exact) mass is 436 g/mol. The van der Waals surface area contributed by atoms with E-state index in [9.17, 15) is 9.59 Å². The SMILES string of the molecule is Cc1cccc(-c2ccc(C[C@]3(C(=O)N(C)C)CN(C(=O)[C@@H]4CCCO4)CCO3)cc2)c1. The second-order valence-corrected chi connectivity index (χ2v) is 9.05. The summed E-state index contributed by atoms with van der Waals surface area (Å²) in [6, 6.07) is 16.6. The predicted molar refractivity (Wildman–Crippen MR) is 123 cm³/mol. The number of benzene rings is 2. The first-order valence-electron chi connectivity index (χ1n) is 11.3. The molecule has 0 bridgehead atoms. The van der Waals surface area contributed by atoms with Crippen molar-refractivity contribution in [3.05, 3.63) is 59.7 Å². The lowest BCUT2D eigenvalue weighted by atomic mass is 9.89. The summed E-state index contributed by atoms with van der Waals surface area (Å²) in [4.78, 5) is 29.6. The third-order valence-electron chi connectivity index (χ3n) is 6.29. The minimum Gasteiger partial charge on any atom is -0.368 e. The van der Waals surface area contributed by atoms with Crippen LogP contribution in [0.3, 0.4) is 0 Å². The molecule has 2 aliphatic heterocycles. The topological polar surface area (TPSA) is 59.1 Å².